The lowest BCUT2D eigenvalue weighted by Gasteiger charge is -2.24. The lowest BCUT2D eigenvalue weighted by Crippen LogP contribution is -2.39. The molecule has 1 aromatic rings. The van der Waals surface area contributed by atoms with Crippen molar-refractivity contribution >= 4 is 5.91 Å². The molecule has 0 fully saturated rings. The normalized spacial score (nSPS) is 18.7. The average Bonchev–Trinajstić information content (AvgIpc) is 2.90. The van der Waals surface area contributed by atoms with Gasteiger partial charge in [-0.15, -0.1) is 0 Å². The molecule has 2 rings (SSSR count). The first-order valence-corrected chi connectivity index (χ1v) is 9.10. The van der Waals surface area contributed by atoms with Gasteiger partial charge in [-0.3, -0.25) is 4.79 Å². The van der Waals surface area contributed by atoms with Crippen LogP contribution in [0.1, 0.15) is 57.2 Å². The maximum Gasteiger partial charge on any atom is 0.223 e. The Kier molecular flexibility index (Phi) is 6.63. The van der Waals surface area contributed by atoms with E-state index < -0.39 is 0 Å². The highest BCUT2D eigenvalue weighted by Gasteiger charge is 2.27. The van der Waals surface area contributed by atoms with Crippen molar-refractivity contribution in [3.63, 3.8) is 0 Å². The second-order valence-electron chi connectivity index (χ2n) is 6.77. The standard InChI is InChI=1S/C18H32N4O/c1-5-22(6-2)11-7-8-13(3)19-18(23)15-9-10-16-17(12-15)21-14(4)20-16/h13,15H,5-12H2,1-4H3,(H,19,23)(H,20,21). The molecule has 5 heteroatoms. The number of nitrogens with zero attached hydrogens (tertiary/aromatic N) is 2. The van der Waals surface area contributed by atoms with Gasteiger partial charge in [-0.05, 0) is 59.2 Å². The van der Waals surface area contributed by atoms with Crippen LogP contribution in [-0.2, 0) is 17.6 Å². The Morgan fingerprint density at radius 1 is 1.43 bits per heavy atom. The predicted octanol–water partition coefficient (Wildman–Crippen LogP) is 2.45. The van der Waals surface area contributed by atoms with Crippen LogP contribution in [0.25, 0.3) is 0 Å². The third-order valence-corrected chi connectivity index (χ3v) is 4.93. The molecule has 2 atom stereocenters. The third kappa shape index (κ3) is 5.06. The lowest BCUT2D eigenvalue weighted by molar-refractivity contribution is -0.126. The minimum Gasteiger partial charge on any atom is -0.353 e. The molecule has 130 valence electrons. The van der Waals surface area contributed by atoms with E-state index in [1.54, 1.807) is 0 Å². The Hall–Kier alpha value is -1.36. The molecule has 1 aliphatic carbocycles. The van der Waals surface area contributed by atoms with Crippen molar-refractivity contribution in [3.8, 4) is 0 Å². The first-order valence-electron chi connectivity index (χ1n) is 9.10. The Balaban J connectivity index is 1.74. The molecule has 0 saturated heterocycles. The summed E-state index contributed by atoms with van der Waals surface area (Å²) in [4.78, 5) is 22.7. The van der Waals surface area contributed by atoms with Gasteiger partial charge in [0, 0.05) is 24.1 Å². The molecule has 23 heavy (non-hydrogen) atoms. The largest absolute Gasteiger partial charge is 0.353 e. The van der Waals surface area contributed by atoms with Crippen molar-refractivity contribution in [2.45, 2.75) is 65.8 Å². The zero-order valence-electron chi connectivity index (χ0n) is 15.1. The number of hydrogen-bond donors (Lipinski definition) is 2. The van der Waals surface area contributed by atoms with E-state index in [-0.39, 0.29) is 17.9 Å². The number of fused-ring (bicyclic) bond motifs is 1. The smallest absolute Gasteiger partial charge is 0.223 e. The van der Waals surface area contributed by atoms with E-state index in [4.69, 9.17) is 0 Å². The van der Waals surface area contributed by atoms with Crippen molar-refractivity contribution in [1.82, 2.24) is 20.2 Å². The molecule has 2 N–H and O–H groups in total. The zero-order chi connectivity index (χ0) is 16.8. The molecule has 1 aromatic heterocycles. The summed E-state index contributed by atoms with van der Waals surface area (Å²) in [6.07, 6.45) is 4.80. The van der Waals surface area contributed by atoms with Gasteiger partial charge in [-0.25, -0.2) is 4.98 Å². The molecule has 0 spiro atoms. The fourth-order valence-electron chi connectivity index (χ4n) is 3.44. The van der Waals surface area contributed by atoms with E-state index >= 15 is 0 Å². The minimum atomic E-state index is 0.0904. The van der Waals surface area contributed by atoms with Crippen LogP contribution in [-0.4, -0.2) is 46.5 Å². The molecule has 0 aliphatic heterocycles. The molecule has 1 amide bonds. The number of carbonyl (C=O) groups excluding carboxylic acids is 1. The summed E-state index contributed by atoms with van der Waals surface area (Å²) < 4.78 is 0. The Morgan fingerprint density at radius 2 is 2.17 bits per heavy atom. The van der Waals surface area contributed by atoms with Crippen molar-refractivity contribution in [3.05, 3.63) is 17.2 Å². The van der Waals surface area contributed by atoms with Gasteiger partial charge in [0.2, 0.25) is 5.91 Å². The Bertz CT molecular complexity index is 507. The molecule has 1 aliphatic rings. The average molecular weight is 320 g/mol. The van der Waals surface area contributed by atoms with Crippen LogP contribution in [0.5, 0.6) is 0 Å². The summed E-state index contributed by atoms with van der Waals surface area (Å²) in [7, 11) is 0. The molecule has 2 unspecified atom stereocenters. The quantitative estimate of drug-likeness (QED) is 0.773. The zero-order valence-corrected chi connectivity index (χ0v) is 15.1. The highest BCUT2D eigenvalue weighted by molar-refractivity contribution is 5.79. The number of nitrogens with one attached hydrogen (secondary N) is 2. The van der Waals surface area contributed by atoms with Crippen LogP contribution >= 0.6 is 0 Å². The van der Waals surface area contributed by atoms with E-state index in [2.05, 4.69) is 41.0 Å². The Labute approximate surface area is 140 Å². The topological polar surface area (TPSA) is 61.0 Å². The fraction of sp³-hybridized carbons (Fsp3) is 0.778. The van der Waals surface area contributed by atoms with E-state index in [9.17, 15) is 4.79 Å². The first-order chi connectivity index (χ1) is 11.0. The predicted molar refractivity (Wildman–Crippen MR) is 93.5 cm³/mol. The van der Waals surface area contributed by atoms with Gasteiger partial charge < -0.3 is 15.2 Å². The summed E-state index contributed by atoms with van der Waals surface area (Å²) in [5.74, 6) is 1.26. The highest BCUT2D eigenvalue weighted by atomic mass is 16.1. The van der Waals surface area contributed by atoms with Crippen LogP contribution in [0.2, 0.25) is 0 Å². The number of imidazole rings is 1. The number of aryl methyl sites for hydroxylation is 2. The lowest BCUT2D eigenvalue weighted by atomic mass is 9.89. The molecule has 0 aromatic carbocycles. The summed E-state index contributed by atoms with van der Waals surface area (Å²) in [6, 6.07) is 0.253. The number of amides is 1. The monoisotopic (exact) mass is 320 g/mol. The third-order valence-electron chi connectivity index (χ3n) is 4.93. The van der Waals surface area contributed by atoms with Crippen LogP contribution in [0.15, 0.2) is 0 Å². The van der Waals surface area contributed by atoms with Crippen LogP contribution in [0, 0.1) is 12.8 Å². The van der Waals surface area contributed by atoms with Gasteiger partial charge in [-0.2, -0.15) is 0 Å². The second-order valence-corrected chi connectivity index (χ2v) is 6.77. The van der Waals surface area contributed by atoms with Gasteiger partial charge in [0.1, 0.15) is 5.82 Å². The van der Waals surface area contributed by atoms with Crippen molar-refractivity contribution in [2.75, 3.05) is 19.6 Å². The van der Waals surface area contributed by atoms with E-state index in [0.29, 0.717) is 0 Å². The summed E-state index contributed by atoms with van der Waals surface area (Å²) in [5, 5.41) is 3.21. The van der Waals surface area contributed by atoms with E-state index in [0.717, 1.165) is 69.0 Å². The van der Waals surface area contributed by atoms with Gasteiger partial charge in [0.15, 0.2) is 0 Å². The maximum atomic E-state index is 12.5. The fourth-order valence-corrected chi connectivity index (χ4v) is 3.44. The number of carbonyl (C=O) groups is 1. The number of H-pyrrole nitrogens is 1. The van der Waals surface area contributed by atoms with Gasteiger partial charge in [-0.1, -0.05) is 13.8 Å². The van der Waals surface area contributed by atoms with Crippen molar-refractivity contribution in [2.24, 2.45) is 5.92 Å². The van der Waals surface area contributed by atoms with E-state index in [1.165, 1.54) is 0 Å². The molecule has 5 nitrogen and oxygen atoms in total. The Morgan fingerprint density at radius 3 is 2.87 bits per heavy atom. The van der Waals surface area contributed by atoms with Gasteiger partial charge >= 0.3 is 0 Å². The van der Waals surface area contributed by atoms with Gasteiger partial charge in [0.25, 0.3) is 0 Å². The van der Waals surface area contributed by atoms with Crippen LogP contribution < -0.4 is 5.32 Å². The van der Waals surface area contributed by atoms with E-state index in [1.807, 2.05) is 6.92 Å². The summed E-state index contributed by atoms with van der Waals surface area (Å²) in [6.45, 7) is 11.8. The number of hydrogen-bond acceptors (Lipinski definition) is 3. The number of rotatable bonds is 8. The number of aromatic amines is 1. The molecule has 1 heterocycles. The van der Waals surface area contributed by atoms with Gasteiger partial charge in [0.05, 0.1) is 5.69 Å². The van der Waals surface area contributed by atoms with Crippen LogP contribution in [0.3, 0.4) is 0 Å². The minimum absolute atomic E-state index is 0.0904. The summed E-state index contributed by atoms with van der Waals surface area (Å²) >= 11 is 0. The molecule has 0 saturated carbocycles. The number of aromatic nitrogens is 2. The van der Waals surface area contributed by atoms with Crippen molar-refractivity contribution < 1.29 is 4.79 Å². The highest BCUT2D eigenvalue weighted by Crippen LogP contribution is 2.24. The molecule has 0 bridgehead atoms. The molecular formula is C18H32N4O. The maximum absolute atomic E-state index is 12.5. The molecule has 0 radical (unpaired) electrons. The van der Waals surface area contributed by atoms with Crippen molar-refractivity contribution in [1.29, 1.82) is 0 Å². The molecular weight excluding hydrogens is 288 g/mol. The summed E-state index contributed by atoms with van der Waals surface area (Å²) in [5.41, 5.74) is 2.31. The van der Waals surface area contributed by atoms with Crippen LogP contribution in [0.4, 0.5) is 0 Å². The SMILES string of the molecule is CCN(CC)CCCC(C)NC(=O)C1CCc2nc(C)[nH]c2C1. The first kappa shape index (κ1) is 18.0. The second kappa shape index (κ2) is 8.48.